The summed E-state index contributed by atoms with van der Waals surface area (Å²) in [6.45, 7) is 6.62. The molecule has 18 heavy (non-hydrogen) atoms. The lowest BCUT2D eigenvalue weighted by atomic mass is 10.1. The van der Waals surface area contributed by atoms with Crippen LogP contribution >= 0.6 is 0 Å². The van der Waals surface area contributed by atoms with Crippen LogP contribution in [0.25, 0.3) is 0 Å². The number of piperidine rings is 1. The van der Waals surface area contributed by atoms with Gasteiger partial charge in [0.1, 0.15) is 0 Å². The fraction of sp³-hybridized carbons (Fsp3) is 1.00. The average molecular weight is 279 g/mol. The Kier molecular flexibility index (Phi) is 7.10. The fourth-order valence-electron chi connectivity index (χ4n) is 1.84. The highest BCUT2D eigenvalue weighted by Gasteiger charge is 2.13. The molecule has 1 fully saturated rings. The summed E-state index contributed by atoms with van der Waals surface area (Å²) in [5.74, 6) is 0. The number of ether oxygens (including phenoxy) is 1. The molecule has 0 aromatic carbocycles. The van der Waals surface area contributed by atoms with Crippen LogP contribution in [0.5, 0.6) is 0 Å². The van der Waals surface area contributed by atoms with Gasteiger partial charge in [-0.05, 0) is 46.2 Å². The van der Waals surface area contributed by atoms with Gasteiger partial charge in [-0.15, -0.1) is 0 Å². The van der Waals surface area contributed by atoms with Gasteiger partial charge in [-0.3, -0.25) is 0 Å². The van der Waals surface area contributed by atoms with Crippen LogP contribution in [-0.2, 0) is 14.9 Å². The van der Waals surface area contributed by atoms with Crippen molar-refractivity contribution in [1.82, 2.24) is 14.8 Å². The minimum absolute atomic E-state index is 0.0894. The van der Waals surface area contributed by atoms with Gasteiger partial charge in [0.25, 0.3) is 10.2 Å². The van der Waals surface area contributed by atoms with Gasteiger partial charge in [0, 0.05) is 19.2 Å². The van der Waals surface area contributed by atoms with E-state index in [1.807, 2.05) is 0 Å². The van der Waals surface area contributed by atoms with Gasteiger partial charge in [-0.2, -0.15) is 13.1 Å². The Bertz CT molecular complexity index is 313. The van der Waals surface area contributed by atoms with E-state index in [1.54, 1.807) is 13.8 Å². The molecule has 0 amide bonds. The van der Waals surface area contributed by atoms with Gasteiger partial charge in [0.15, 0.2) is 0 Å². The smallest absolute Gasteiger partial charge is 0.277 e. The van der Waals surface area contributed by atoms with Crippen molar-refractivity contribution < 1.29 is 13.2 Å². The maximum Gasteiger partial charge on any atom is 0.277 e. The molecule has 0 aromatic rings. The lowest BCUT2D eigenvalue weighted by Crippen LogP contribution is -2.41. The first kappa shape index (κ1) is 15.8. The standard InChI is InChI=1S/C11H25N3O3S/c1-10(2)14-18(15,16)13-6-3-9-17-11-4-7-12-8-5-11/h10-14H,3-9H2,1-2H3. The van der Waals surface area contributed by atoms with E-state index in [2.05, 4.69) is 14.8 Å². The zero-order valence-electron chi connectivity index (χ0n) is 11.2. The molecule has 0 aromatic heterocycles. The Balaban J connectivity index is 2.04. The number of hydrogen-bond acceptors (Lipinski definition) is 4. The Hall–Kier alpha value is -0.210. The Morgan fingerprint density at radius 2 is 2.00 bits per heavy atom. The van der Waals surface area contributed by atoms with E-state index in [0.29, 0.717) is 25.7 Å². The van der Waals surface area contributed by atoms with E-state index < -0.39 is 10.2 Å². The van der Waals surface area contributed by atoms with E-state index in [0.717, 1.165) is 25.9 Å². The predicted molar refractivity (Wildman–Crippen MR) is 71.7 cm³/mol. The number of nitrogens with one attached hydrogen (secondary N) is 3. The molecule has 0 atom stereocenters. The molecule has 1 rings (SSSR count). The van der Waals surface area contributed by atoms with Crippen molar-refractivity contribution in [3.63, 3.8) is 0 Å². The molecule has 108 valence electrons. The van der Waals surface area contributed by atoms with Crippen LogP contribution in [0, 0.1) is 0 Å². The Labute approximate surface area is 110 Å². The molecule has 0 radical (unpaired) electrons. The Morgan fingerprint density at radius 3 is 2.61 bits per heavy atom. The first-order valence-electron chi connectivity index (χ1n) is 6.59. The maximum absolute atomic E-state index is 11.4. The monoisotopic (exact) mass is 279 g/mol. The highest BCUT2D eigenvalue weighted by Crippen LogP contribution is 2.07. The van der Waals surface area contributed by atoms with Crippen molar-refractivity contribution in [2.45, 2.75) is 45.3 Å². The van der Waals surface area contributed by atoms with Gasteiger partial charge >= 0.3 is 0 Å². The summed E-state index contributed by atoms with van der Waals surface area (Å²) in [6, 6.07) is -0.0894. The first-order valence-corrected chi connectivity index (χ1v) is 8.07. The molecular weight excluding hydrogens is 254 g/mol. The van der Waals surface area contributed by atoms with E-state index in [-0.39, 0.29) is 6.04 Å². The predicted octanol–water partition coefficient (Wildman–Crippen LogP) is -0.0225. The van der Waals surface area contributed by atoms with Gasteiger partial charge < -0.3 is 10.1 Å². The molecule has 1 saturated heterocycles. The molecular formula is C11H25N3O3S. The topological polar surface area (TPSA) is 79.5 Å². The first-order chi connectivity index (χ1) is 8.49. The summed E-state index contributed by atoms with van der Waals surface area (Å²) >= 11 is 0. The van der Waals surface area contributed by atoms with Crippen LogP contribution in [0.15, 0.2) is 0 Å². The SMILES string of the molecule is CC(C)NS(=O)(=O)NCCCOC1CCNCC1. The lowest BCUT2D eigenvalue weighted by molar-refractivity contribution is 0.0322. The second-order valence-corrected chi connectivity index (χ2v) is 6.38. The van der Waals surface area contributed by atoms with Crippen LogP contribution in [0.1, 0.15) is 33.1 Å². The molecule has 6 nitrogen and oxygen atoms in total. The van der Waals surface area contributed by atoms with Crippen LogP contribution in [0.3, 0.4) is 0 Å². The highest BCUT2D eigenvalue weighted by molar-refractivity contribution is 7.87. The molecule has 1 aliphatic rings. The van der Waals surface area contributed by atoms with Gasteiger partial charge in [0.05, 0.1) is 6.10 Å². The second kappa shape index (κ2) is 8.06. The zero-order valence-corrected chi connectivity index (χ0v) is 12.1. The van der Waals surface area contributed by atoms with Crippen LogP contribution in [-0.4, -0.2) is 46.8 Å². The molecule has 1 aliphatic heterocycles. The molecule has 3 N–H and O–H groups in total. The van der Waals surface area contributed by atoms with E-state index >= 15 is 0 Å². The van der Waals surface area contributed by atoms with Crippen LogP contribution in [0.4, 0.5) is 0 Å². The van der Waals surface area contributed by atoms with Gasteiger partial charge in [0.2, 0.25) is 0 Å². The minimum Gasteiger partial charge on any atom is -0.378 e. The van der Waals surface area contributed by atoms with Crippen molar-refractivity contribution in [1.29, 1.82) is 0 Å². The molecule has 0 unspecified atom stereocenters. The summed E-state index contributed by atoms with van der Waals surface area (Å²) in [4.78, 5) is 0. The average Bonchev–Trinajstić information content (AvgIpc) is 2.28. The third-order valence-corrected chi connectivity index (χ3v) is 4.01. The van der Waals surface area contributed by atoms with Gasteiger partial charge in [-0.25, -0.2) is 4.72 Å². The second-order valence-electron chi connectivity index (χ2n) is 4.84. The summed E-state index contributed by atoms with van der Waals surface area (Å²) in [6.07, 6.45) is 3.11. The van der Waals surface area contributed by atoms with Crippen molar-refractivity contribution >= 4 is 10.2 Å². The molecule has 0 bridgehead atoms. The molecule has 0 saturated carbocycles. The summed E-state index contributed by atoms with van der Waals surface area (Å²) in [5.41, 5.74) is 0. The van der Waals surface area contributed by atoms with E-state index in [4.69, 9.17) is 4.74 Å². The van der Waals surface area contributed by atoms with E-state index in [1.165, 1.54) is 0 Å². The summed E-state index contributed by atoms with van der Waals surface area (Å²) in [5, 5.41) is 3.27. The lowest BCUT2D eigenvalue weighted by Gasteiger charge is -2.22. The van der Waals surface area contributed by atoms with Crippen LogP contribution in [0.2, 0.25) is 0 Å². The molecule has 0 aliphatic carbocycles. The summed E-state index contributed by atoms with van der Waals surface area (Å²) in [7, 11) is -3.35. The van der Waals surface area contributed by atoms with Crippen molar-refractivity contribution in [2.24, 2.45) is 0 Å². The van der Waals surface area contributed by atoms with Crippen LogP contribution < -0.4 is 14.8 Å². The quantitative estimate of drug-likeness (QED) is 0.546. The summed E-state index contributed by atoms with van der Waals surface area (Å²) < 4.78 is 33.5. The van der Waals surface area contributed by atoms with Crippen molar-refractivity contribution in [2.75, 3.05) is 26.2 Å². The van der Waals surface area contributed by atoms with E-state index in [9.17, 15) is 8.42 Å². The fourth-order valence-corrected chi connectivity index (χ4v) is 2.96. The maximum atomic E-state index is 11.4. The highest BCUT2D eigenvalue weighted by atomic mass is 32.2. The normalized spacial score (nSPS) is 18.4. The molecule has 7 heteroatoms. The minimum atomic E-state index is -3.35. The van der Waals surface area contributed by atoms with Crippen molar-refractivity contribution in [3.05, 3.63) is 0 Å². The molecule has 0 spiro atoms. The Morgan fingerprint density at radius 1 is 1.33 bits per heavy atom. The third-order valence-electron chi connectivity index (χ3n) is 2.64. The third kappa shape index (κ3) is 7.27. The molecule has 1 heterocycles. The number of rotatable bonds is 8. The van der Waals surface area contributed by atoms with Gasteiger partial charge in [-0.1, -0.05) is 0 Å². The van der Waals surface area contributed by atoms with Crippen molar-refractivity contribution in [3.8, 4) is 0 Å². The largest absolute Gasteiger partial charge is 0.378 e. The zero-order chi connectivity index (χ0) is 13.4. The number of hydrogen-bond donors (Lipinski definition) is 3.